The summed E-state index contributed by atoms with van der Waals surface area (Å²) in [6, 6.07) is 24.6. The molecule has 1 heterocycles. The van der Waals surface area contributed by atoms with E-state index in [2.05, 4.69) is 48.3 Å². The van der Waals surface area contributed by atoms with Crippen LogP contribution >= 0.6 is 0 Å². The van der Waals surface area contributed by atoms with Crippen LogP contribution in [0.4, 0.5) is 0 Å². The van der Waals surface area contributed by atoms with Crippen LogP contribution in [0.1, 0.15) is 49.6 Å². The van der Waals surface area contributed by atoms with Crippen LogP contribution in [-0.2, 0) is 17.6 Å². The van der Waals surface area contributed by atoms with Crippen LogP contribution < -0.4 is 0 Å². The first-order chi connectivity index (χ1) is 14.7. The molecule has 1 aromatic heterocycles. The van der Waals surface area contributed by atoms with Gasteiger partial charge in [-0.2, -0.15) is 0 Å². The zero-order valence-electron chi connectivity index (χ0n) is 17.4. The van der Waals surface area contributed by atoms with Crippen molar-refractivity contribution in [1.82, 2.24) is 4.98 Å². The van der Waals surface area contributed by atoms with Crippen molar-refractivity contribution in [1.29, 1.82) is 0 Å². The zero-order valence-corrected chi connectivity index (χ0v) is 17.4. The number of unbranched alkanes of at least 4 members (excludes halogenated alkanes) is 2. The van der Waals surface area contributed by atoms with Crippen molar-refractivity contribution in [2.75, 3.05) is 0 Å². The molecule has 4 rings (SSSR count). The second kappa shape index (κ2) is 9.53. The highest BCUT2D eigenvalue weighted by Gasteiger charge is 2.09. The number of carbonyl (C=O) groups is 1. The number of hydrogen-bond acceptors (Lipinski definition) is 3. The molecule has 0 unspecified atom stereocenters. The van der Waals surface area contributed by atoms with Gasteiger partial charge in [0.15, 0.2) is 11.5 Å². The lowest BCUT2D eigenvalue weighted by Crippen LogP contribution is -2.02. The zero-order chi connectivity index (χ0) is 20.8. The second-order valence-electron chi connectivity index (χ2n) is 7.82. The van der Waals surface area contributed by atoms with Gasteiger partial charge >= 0.3 is 0 Å². The van der Waals surface area contributed by atoms with E-state index in [0.717, 1.165) is 47.1 Å². The lowest BCUT2D eigenvalue weighted by atomic mass is 10.0. The number of hydrogen-bond donors (Lipinski definition) is 0. The lowest BCUT2D eigenvalue weighted by molar-refractivity contribution is -0.118. The van der Waals surface area contributed by atoms with E-state index in [1.807, 2.05) is 36.4 Å². The number of aromatic nitrogens is 1. The fraction of sp³-hybridized carbons (Fsp3) is 0.259. The molecule has 3 aromatic carbocycles. The summed E-state index contributed by atoms with van der Waals surface area (Å²) in [6.45, 7) is 2.16. The molecule has 0 saturated heterocycles. The summed E-state index contributed by atoms with van der Waals surface area (Å²) in [5.41, 5.74) is 6.19. The molecule has 0 saturated carbocycles. The number of Topliss-reactive ketones (excluding diaryl/α,β-unsaturated/α-hetero) is 1. The third-order valence-electron chi connectivity index (χ3n) is 5.38. The molecule has 0 atom stereocenters. The van der Waals surface area contributed by atoms with Gasteiger partial charge in [-0.25, -0.2) is 4.98 Å². The molecule has 0 aliphatic rings. The Kier molecular flexibility index (Phi) is 6.38. The third kappa shape index (κ3) is 5.04. The smallest absolute Gasteiger partial charge is 0.199 e. The van der Waals surface area contributed by atoms with Crippen molar-refractivity contribution < 1.29 is 9.21 Å². The predicted octanol–water partition coefficient (Wildman–Crippen LogP) is 6.78. The lowest BCUT2D eigenvalue weighted by Gasteiger charge is -2.03. The molecule has 3 heteroatoms. The van der Waals surface area contributed by atoms with Crippen LogP contribution in [-0.4, -0.2) is 10.8 Å². The molecule has 30 heavy (non-hydrogen) atoms. The van der Waals surface area contributed by atoms with E-state index in [1.54, 1.807) is 0 Å². The Hall–Kier alpha value is -3.20. The standard InChI is InChI=1S/C27H27NO2/c1-2-3-5-10-24(29)17-20-11-13-21(14-12-20)18-27-28-25-19-23(15-16-26(25)30-27)22-8-6-4-7-9-22/h4,6-9,11-16,19H,2-3,5,10,17-18H2,1H3. The molecule has 0 amide bonds. The maximum atomic E-state index is 12.1. The molecular weight excluding hydrogens is 370 g/mol. The number of rotatable bonds is 9. The van der Waals surface area contributed by atoms with E-state index >= 15 is 0 Å². The first-order valence-electron chi connectivity index (χ1n) is 10.8. The van der Waals surface area contributed by atoms with Gasteiger partial charge in [0.05, 0.1) is 0 Å². The Bertz CT molecular complexity index is 1110. The van der Waals surface area contributed by atoms with Crippen molar-refractivity contribution in [2.45, 2.75) is 45.4 Å². The Labute approximate surface area is 177 Å². The fourth-order valence-corrected chi connectivity index (χ4v) is 3.70. The van der Waals surface area contributed by atoms with Crippen LogP contribution in [0.2, 0.25) is 0 Å². The number of benzene rings is 3. The van der Waals surface area contributed by atoms with Gasteiger partial charge in [0.25, 0.3) is 0 Å². The van der Waals surface area contributed by atoms with Gasteiger partial charge in [-0.15, -0.1) is 0 Å². The molecule has 0 aliphatic heterocycles. The largest absolute Gasteiger partial charge is 0.440 e. The van der Waals surface area contributed by atoms with E-state index in [4.69, 9.17) is 4.42 Å². The molecule has 152 valence electrons. The Balaban J connectivity index is 1.42. The van der Waals surface area contributed by atoms with Crippen molar-refractivity contribution in [3.63, 3.8) is 0 Å². The van der Waals surface area contributed by atoms with Crippen LogP contribution in [0.3, 0.4) is 0 Å². The van der Waals surface area contributed by atoms with Crippen molar-refractivity contribution in [2.24, 2.45) is 0 Å². The van der Waals surface area contributed by atoms with Gasteiger partial charge < -0.3 is 4.42 Å². The average molecular weight is 398 g/mol. The summed E-state index contributed by atoms with van der Waals surface area (Å²) in [5.74, 6) is 1.03. The van der Waals surface area contributed by atoms with Gasteiger partial charge in [-0.05, 0) is 40.8 Å². The number of ketones is 1. The molecule has 0 aliphatic carbocycles. The van der Waals surface area contributed by atoms with Crippen molar-refractivity contribution >= 4 is 16.9 Å². The number of nitrogens with zero attached hydrogens (tertiary/aromatic N) is 1. The minimum absolute atomic E-state index is 0.323. The van der Waals surface area contributed by atoms with Crippen LogP contribution in [0, 0.1) is 0 Å². The summed E-state index contributed by atoms with van der Waals surface area (Å²) in [5, 5.41) is 0. The highest BCUT2D eigenvalue weighted by Crippen LogP contribution is 2.25. The number of oxazole rings is 1. The quantitative estimate of drug-likeness (QED) is 0.292. The minimum atomic E-state index is 0.323. The summed E-state index contributed by atoms with van der Waals surface area (Å²) in [4.78, 5) is 16.8. The predicted molar refractivity (Wildman–Crippen MR) is 122 cm³/mol. The summed E-state index contributed by atoms with van der Waals surface area (Å²) in [6.07, 6.45) is 5.11. The minimum Gasteiger partial charge on any atom is -0.440 e. The first kappa shape index (κ1) is 20.1. The molecule has 0 N–H and O–H groups in total. The van der Waals surface area contributed by atoms with Gasteiger partial charge in [0.2, 0.25) is 0 Å². The van der Waals surface area contributed by atoms with Gasteiger partial charge in [-0.1, -0.05) is 80.4 Å². The van der Waals surface area contributed by atoms with Crippen molar-refractivity contribution in [3.8, 4) is 11.1 Å². The molecule has 0 bridgehead atoms. The normalized spacial score (nSPS) is 11.1. The SMILES string of the molecule is CCCCCC(=O)Cc1ccc(Cc2nc3cc(-c4ccccc4)ccc3o2)cc1. The van der Waals surface area contributed by atoms with Crippen LogP contribution in [0.15, 0.2) is 77.2 Å². The maximum Gasteiger partial charge on any atom is 0.199 e. The molecule has 0 spiro atoms. The van der Waals surface area contributed by atoms with E-state index in [1.165, 1.54) is 5.56 Å². The topological polar surface area (TPSA) is 43.1 Å². The highest BCUT2D eigenvalue weighted by molar-refractivity contribution is 5.81. The van der Waals surface area contributed by atoms with E-state index in [-0.39, 0.29) is 0 Å². The Morgan fingerprint density at radius 2 is 1.63 bits per heavy atom. The van der Waals surface area contributed by atoms with Gasteiger partial charge in [0.1, 0.15) is 11.3 Å². The van der Waals surface area contributed by atoms with Gasteiger partial charge in [0, 0.05) is 19.3 Å². The van der Waals surface area contributed by atoms with E-state index in [9.17, 15) is 4.79 Å². The molecular formula is C27H27NO2. The Morgan fingerprint density at radius 3 is 2.40 bits per heavy atom. The maximum absolute atomic E-state index is 12.1. The number of fused-ring (bicyclic) bond motifs is 1. The first-order valence-corrected chi connectivity index (χ1v) is 10.8. The third-order valence-corrected chi connectivity index (χ3v) is 5.38. The Morgan fingerprint density at radius 1 is 0.867 bits per heavy atom. The fourth-order valence-electron chi connectivity index (χ4n) is 3.70. The monoisotopic (exact) mass is 397 g/mol. The average Bonchev–Trinajstić information content (AvgIpc) is 3.17. The van der Waals surface area contributed by atoms with E-state index < -0.39 is 0 Å². The summed E-state index contributed by atoms with van der Waals surface area (Å²) >= 11 is 0. The highest BCUT2D eigenvalue weighted by atomic mass is 16.3. The van der Waals surface area contributed by atoms with Gasteiger partial charge in [-0.3, -0.25) is 4.79 Å². The second-order valence-corrected chi connectivity index (χ2v) is 7.82. The molecule has 0 fully saturated rings. The van der Waals surface area contributed by atoms with Crippen LogP contribution in [0.25, 0.3) is 22.2 Å². The van der Waals surface area contributed by atoms with Crippen LogP contribution in [0.5, 0.6) is 0 Å². The van der Waals surface area contributed by atoms with Crippen molar-refractivity contribution in [3.05, 3.63) is 89.8 Å². The summed E-state index contributed by atoms with van der Waals surface area (Å²) in [7, 11) is 0. The molecule has 4 aromatic rings. The molecule has 3 nitrogen and oxygen atoms in total. The summed E-state index contributed by atoms with van der Waals surface area (Å²) < 4.78 is 5.95. The number of carbonyl (C=O) groups excluding carboxylic acids is 1. The molecule has 0 radical (unpaired) electrons. The van der Waals surface area contributed by atoms with E-state index in [0.29, 0.717) is 30.9 Å².